The highest BCUT2D eigenvalue weighted by atomic mass is 35.5. The third kappa shape index (κ3) is 4.71. The number of halogens is 2. The predicted molar refractivity (Wildman–Crippen MR) is 88.5 cm³/mol. The van der Waals surface area contributed by atoms with Gasteiger partial charge in [0.15, 0.2) is 0 Å². The molecule has 130 valence electrons. The van der Waals surface area contributed by atoms with Gasteiger partial charge in [0.25, 0.3) is 0 Å². The van der Waals surface area contributed by atoms with Crippen molar-refractivity contribution < 1.29 is 24.5 Å². The standard InChI is InChI=1S/C14H18N2O5.2ClH/c1-21-10-4-2-9(3-5-10)7-16-8-14(15,13(19)20)6-11(16)12(17)18;;/h2-5,11H,6-8,15H2,1H3,(H,17,18)(H,19,20);2*1H/t11-,14-;;/m1../s1. The fourth-order valence-corrected chi connectivity index (χ4v) is 2.54. The summed E-state index contributed by atoms with van der Waals surface area (Å²) in [4.78, 5) is 24.1. The average molecular weight is 367 g/mol. The van der Waals surface area contributed by atoms with Gasteiger partial charge >= 0.3 is 11.9 Å². The number of carboxylic acid groups (broad SMARTS) is 2. The van der Waals surface area contributed by atoms with E-state index >= 15 is 0 Å². The van der Waals surface area contributed by atoms with Gasteiger partial charge in [-0.05, 0) is 17.7 Å². The Morgan fingerprint density at radius 3 is 2.30 bits per heavy atom. The van der Waals surface area contributed by atoms with E-state index in [0.717, 1.165) is 5.56 Å². The molecule has 0 aliphatic carbocycles. The summed E-state index contributed by atoms with van der Waals surface area (Å²) in [6.45, 7) is 0.332. The van der Waals surface area contributed by atoms with Crippen molar-refractivity contribution in [1.82, 2.24) is 4.90 Å². The summed E-state index contributed by atoms with van der Waals surface area (Å²) in [5.41, 5.74) is 5.15. The van der Waals surface area contributed by atoms with Gasteiger partial charge in [-0.2, -0.15) is 0 Å². The molecular formula is C14H20Cl2N2O5. The van der Waals surface area contributed by atoms with E-state index in [1.54, 1.807) is 24.1 Å². The molecule has 2 rings (SSSR count). The number of benzene rings is 1. The third-order valence-corrected chi connectivity index (χ3v) is 3.74. The molecule has 1 saturated heterocycles. The molecule has 0 amide bonds. The predicted octanol–water partition coefficient (Wildman–Crippen LogP) is 0.980. The topological polar surface area (TPSA) is 113 Å². The van der Waals surface area contributed by atoms with E-state index in [2.05, 4.69) is 0 Å². The molecule has 7 nitrogen and oxygen atoms in total. The molecule has 9 heteroatoms. The Bertz CT molecular complexity index is 555. The van der Waals surface area contributed by atoms with Gasteiger partial charge in [-0.1, -0.05) is 12.1 Å². The number of rotatable bonds is 5. The van der Waals surface area contributed by atoms with E-state index in [-0.39, 0.29) is 37.8 Å². The average Bonchev–Trinajstić information content (AvgIpc) is 2.78. The first-order chi connectivity index (χ1) is 9.85. The fourth-order valence-electron chi connectivity index (χ4n) is 2.54. The Labute approximate surface area is 146 Å². The smallest absolute Gasteiger partial charge is 0.325 e. The molecule has 0 saturated carbocycles. The van der Waals surface area contributed by atoms with Gasteiger partial charge in [0.1, 0.15) is 17.3 Å². The van der Waals surface area contributed by atoms with Crippen LogP contribution >= 0.6 is 24.8 Å². The highest BCUT2D eigenvalue weighted by molar-refractivity contribution is 5.85. The number of carbonyl (C=O) groups is 2. The van der Waals surface area contributed by atoms with Crippen LogP contribution in [0.15, 0.2) is 24.3 Å². The Balaban J connectivity index is 0.00000242. The zero-order valence-electron chi connectivity index (χ0n) is 12.5. The second-order valence-electron chi connectivity index (χ2n) is 5.27. The first-order valence-corrected chi connectivity index (χ1v) is 6.48. The molecule has 1 aliphatic heterocycles. The van der Waals surface area contributed by atoms with Crippen LogP contribution in [0.25, 0.3) is 0 Å². The third-order valence-electron chi connectivity index (χ3n) is 3.74. The zero-order valence-corrected chi connectivity index (χ0v) is 14.1. The number of methoxy groups -OCH3 is 1. The molecule has 0 unspecified atom stereocenters. The van der Waals surface area contributed by atoms with Crippen LogP contribution in [0.1, 0.15) is 12.0 Å². The van der Waals surface area contributed by atoms with E-state index < -0.39 is 23.5 Å². The largest absolute Gasteiger partial charge is 0.497 e. The number of ether oxygens (including phenoxy) is 1. The summed E-state index contributed by atoms with van der Waals surface area (Å²) >= 11 is 0. The van der Waals surface area contributed by atoms with Crippen LogP contribution in [-0.4, -0.2) is 52.3 Å². The minimum absolute atomic E-state index is 0. The summed E-state index contributed by atoms with van der Waals surface area (Å²) in [6, 6.07) is 6.28. The van der Waals surface area contributed by atoms with Crippen molar-refractivity contribution in [3.05, 3.63) is 29.8 Å². The molecule has 4 N–H and O–H groups in total. The Morgan fingerprint density at radius 2 is 1.87 bits per heavy atom. The quantitative estimate of drug-likeness (QED) is 0.711. The molecule has 1 aliphatic rings. The lowest BCUT2D eigenvalue weighted by molar-refractivity contribution is -0.142. The lowest BCUT2D eigenvalue weighted by atomic mass is 9.98. The van der Waals surface area contributed by atoms with E-state index in [0.29, 0.717) is 12.3 Å². The van der Waals surface area contributed by atoms with Gasteiger partial charge in [-0.15, -0.1) is 24.8 Å². The number of aliphatic carboxylic acids is 2. The summed E-state index contributed by atoms with van der Waals surface area (Å²) < 4.78 is 5.06. The van der Waals surface area contributed by atoms with Gasteiger partial charge in [-0.25, -0.2) is 0 Å². The van der Waals surface area contributed by atoms with E-state index in [1.165, 1.54) is 0 Å². The number of carboxylic acids is 2. The summed E-state index contributed by atoms with van der Waals surface area (Å²) in [7, 11) is 1.56. The summed E-state index contributed by atoms with van der Waals surface area (Å²) in [5.74, 6) is -1.53. The Kier molecular flexibility index (Phi) is 7.79. The molecule has 0 aromatic heterocycles. The Morgan fingerprint density at radius 1 is 1.30 bits per heavy atom. The monoisotopic (exact) mass is 366 g/mol. The van der Waals surface area contributed by atoms with Crippen molar-refractivity contribution in [3.63, 3.8) is 0 Å². The number of nitrogens with two attached hydrogens (primary N) is 1. The molecule has 2 atom stereocenters. The van der Waals surface area contributed by atoms with Crippen LogP contribution in [-0.2, 0) is 16.1 Å². The minimum Gasteiger partial charge on any atom is -0.497 e. The maximum atomic E-state index is 11.3. The number of hydrogen-bond donors (Lipinski definition) is 3. The van der Waals surface area contributed by atoms with Gasteiger partial charge in [0.2, 0.25) is 0 Å². The molecule has 1 heterocycles. The van der Waals surface area contributed by atoms with Crippen LogP contribution in [0.4, 0.5) is 0 Å². The SMILES string of the molecule is COc1ccc(CN2C[C@@](N)(C(=O)O)C[C@@H]2C(=O)O)cc1.Cl.Cl. The minimum atomic E-state index is -1.52. The lowest BCUT2D eigenvalue weighted by Gasteiger charge is -2.21. The van der Waals surface area contributed by atoms with Crippen LogP contribution in [0.5, 0.6) is 5.75 Å². The molecular weight excluding hydrogens is 347 g/mol. The van der Waals surface area contributed by atoms with Gasteiger partial charge in [0.05, 0.1) is 7.11 Å². The first kappa shape index (κ1) is 21.5. The van der Waals surface area contributed by atoms with Crippen molar-refractivity contribution in [3.8, 4) is 5.75 Å². The van der Waals surface area contributed by atoms with Crippen molar-refractivity contribution in [1.29, 1.82) is 0 Å². The van der Waals surface area contributed by atoms with Gasteiger partial charge in [0, 0.05) is 19.5 Å². The van der Waals surface area contributed by atoms with Gasteiger partial charge in [-0.3, -0.25) is 14.5 Å². The zero-order chi connectivity index (χ0) is 15.6. The van der Waals surface area contributed by atoms with Gasteiger partial charge < -0.3 is 20.7 Å². The van der Waals surface area contributed by atoms with Crippen molar-refractivity contribution in [2.75, 3.05) is 13.7 Å². The summed E-state index contributed by atoms with van der Waals surface area (Å²) in [5, 5.41) is 18.4. The maximum absolute atomic E-state index is 11.3. The van der Waals surface area contributed by atoms with E-state index in [1.807, 2.05) is 12.1 Å². The normalized spacial score (nSPS) is 23.5. The maximum Gasteiger partial charge on any atom is 0.325 e. The molecule has 23 heavy (non-hydrogen) atoms. The fraction of sp³-hybridized carbons (Fsp3) is 0.429. The van der Waals surface area contributed by atoms with Crippen molar-refractivity contribution >= 4 is 36.8 Å². The van der Waals surface area contributed by atoms with Crippen LogP contribution in [0.2, 0.25) is 0 Å². The van der Waals surface area contributed by atoms with E-state index in [4.69, 9.17) is 15.6 Å². The van der Waals surface area contributed by atoms with Crippen LogP contribution < -0.4 is 10.5 Å². The molecule has 1 aromatic rings. The highest BCUT2D eigenvalue weighted by Gasteiger charge is 2.49. The number of hydrogen-bond acceptors (Lipinski definition) is 5. The molecule has 0 spiro atoms. The van der Waals surface area contributed by atoms with Crippen molar-refractivity contribution in [2.24, 2.45) is 5.73 Å². The lowest BCUT2D eigenvalue weighted by Crippen LogP contribution is -2.50. The molecule has 1 fully saturated rings. The molecule has 0 radical (unpaired) electrons. The molecule has 1 aromatic carbocycles. The highest BCUT2D eigenvalue weighted by Crippen LogP contribution is 2.28. The van der Waals surface area contributed by atoms with Crippen molar-refractivity contribution in [2.45, 2.75) is 24.5 Å². The molecule has 0 bridgehead atoms. The number of nitrogens with zero attached hydrogens (tertiary/aromatic N) is 1. The second kappa shape index (κ2) is 8.35. The Hall–Kier alpha value is -1.54. The summed E-state index contributed by atoms with van der Waals surface area (Å²) in [6.07, 6.45) is -0.103. The van der Waals surface area contributed by atoms with Crippen LogP contribution in [0.3, 0.4) is 0 Å². The second-order valence-corrected chi connectivity index (χ2v) is 5.27. The number of likely N-dealkylation sites (tertiary alicyclic amines) is 1. The van der Waals surface area contributed by atoms with Crippen LogP contribution in [0, 0.1) is 0 Å². The van der Waals surface area contributed by atoms with E-state index in [9.17, 15) is 14.7 Å². The first-order valence-electron chi connectivity index (χ1n) is 6.48.